The number of likely N-dealkylation sites (tertiary alicyclic amines) is 1. The summed E-state index contributed by atoms with van der Waals surface area (Å²) in [6.07, 6.45) is 6.94. The van der Waals surface area contributed by atoms with E-state index in [1.807, 2.05) is 17.0 Å². The predicted molar refractivity (Wildman–Crippen MR) is 93.1 cm³/mol. The van der Waals surface area contributed by atoms with Crippen molar-refractivity contribution < 1.29 is 9.53 Å². The Kier molecular flexibility index (Phi) is 5.56. The molecule has 0 radical (unpaired) electrons. The van der Waals surface area contributed by atoms with E-state index in [4.69, 9.17) is 4.74 Å². The molecule has 132 valence electrons. The molecule has 6 heteroatoms. The quantitative estimate of drug-likeness (QED) is 0.839. The van der Waals surface area contributed by atoms with E-state index in [1.54, 1.807) is 12.4 Å². The van der Waals surface area contributed by atoms with E-state index in [9.17, 15) is 4.79 Å². The van der Waals surface area contributed by atoms with Gasteiger partial charge in [-0.05, 0) is 45.2 Å². The molecule has 3 rings (SSSR count). The van der Waals surface area contributed by atoms with Gasteiger partial charge >= 0.3 is 6.03 Å². The molecular weight excluding hydrogens is 304 g/mol. The lowest BCUT2D eigenvalue weighted by Crippen LogP contribution is -2.47. The van der Waals surface area contributed by atoms with Crippen LogP contribution in [-0.4, -0.2) is 65.2 Å². The standard InChI is InChI=1S/C18H28N4O2/c1-14(2)22-15-5-6-16(22)13-21(10-7-15)18(23)20-9-11-24-17-4-3-8-19-12-17/h3-4,8,12,14-16H,5-7,9-11,13H2,1-2H3,(H,20,23)/t15-,16-/m0/s1. The minimum absolute atomic E-state index is 0.0287. The van der Waals surface area contributed by atoms with Crippen LogP contribution in [0.1, 0.15) is 33.1 Å². The zero-order valence-electron chi connectivity index (χ0n) is 14.6. The average Bonchev–Trinajstić information content (AvgIpc) is 2.87. The summed E-state index contributed by atoms with van der Waals surface area (Å²) in [5, 5.41) is 2.98. The molecule has 1 aromatic rings. The molecule has 1 aromatic heterocycles. The van der Waals surface area contributed by atoms with Gasteiger partial charge in [-0.1, -0.05) is 0 Å². The third kappa shape index (κ3) is 3.98. The molecule has 2 atom stereocenters. The summed E-state index contributed by atoms with van der Waals surface area (Å²) in [6.45, 7) is 7.17. The van der Waals surface area contributed by atoms with Crippen LogP contribution >= 0.6 is 0 Å². The summed E-state index contributed by atoms with van der Waals surface area (Å²) in [6, 6.07) is 5.43. The highest BCUT2D eigenvalue weighted by Crippen LogP contribution is 2.31. The molecule has 1 N–H and O–H groups in total. The fourth-order valence-corrected chi connectivity index (χ4v) is 4.01. The SMILES string of the molecule is CC(C)N1[C@H]2CC[C@H]1CN(C(=O)NCCOc1cccnc1)CC2. The molecule has 0 aliphatic carbocycles. The zero-order valence-corrected chi connectivity index (χ0v) is 14.6. The van der Waals surface area contributed by atoms with E-state index in [1.165, 1.54) is 12.8 Å². The van der Waals surface area contributed by atoms with Gasteiger partial charge in [-0.25, -0.2) is 4.79 Å². The third-order valence-corrected chi connectivity index (χ3v) is 5.00. The minimum Gasteiger partial charge on any atom is -0.490 e. The van der Waals surface area contributed by atoms with Crippen LogP contribution in [-0.2, 0) is 0 Å². The molecule has 0 unspecified atom stereocenters. The van der Waals surface area contributed by atoms with Crippen LogP contribution in [0.3, 0.4) is 0 Å². The number of nitrogens with one attached hydrogen (secondary N) is 1. The first-order valence-electron chi connectivity index (χ1n) is 8.98. The van der Waals surface area contributed by atoms with E-state index in [2.05, 4.69) is 29.0 Å². The number of amides is 2. The van der Waals surface area contributed by atoms with Gasteiger partial charge in [0.2, 0.25) is 0 Å². The van der Waals surface area contributed by atoms with Crippen LogP contribution < -0.4 is 10.1 Å². The summed E-state index contributed by atoms with van der Waals surface area (Å²) in [5.74, 6) is 0.728. The van der Waals surface area contributed by atoms with Crippen molar-refractivity contribution in [3.8, 4) is 5.75 Å². The van der Waals surface area contributed by atoms with E-state index in [0.717, 1.165) is 25.3 Å². The normalized spacial score (nSPS) is 24.0. The molecule has 2 saturated heterocycles. The van der Waals surface area contributed by atoms with Crippen molar-refractivity contribution in [3.05, 3.63) is 24.5 Å². The van der Waals surface area contributed by atoms with Crippen molar-refractivity contribution in [2.24, 2.45) is 0 Å². The van der Waals surface area contributed by atoms with Crippen LogP contribution in [0, 0.1) is 0 Å². The van der Waals surface area contributed by atoms with Crippen LogP contribution in [0.25, 0.3) is 0 Å². The lowest BCUT2D eigenvalue weighted by molar-refractivity contribution is 0.146. The van der Waals surface area contributed by atoms with E-state index in [0.29, 0.717) is 31.3 Å². The first-order valence-corrected chi connectivity index (χ1v) is 8.98. The van der Waals surface area contributed by atoms with E-state index in [-0.39, 0.29) is 6.03 Å². The Morgan fingerprint density at radius 3 is 2.96 bits per heavy atom. The van der Waals surface area contributed by atoms with Crippen LogP contribution in [0.2, 0.25) is 0 Å². The largest absolute Gasteiger partial charge is 0.490 e. The topological polar surface area (TPSA) is 57.7 Å². The predicted octanol–water partition coefficient (Wildman–Crippen LogP) is 2.12. The Balaban J connectivity index is 1.44. The van der Waals surface area contributed by atoms with Gasteiger partial charge in [-0.15, -0.1) is 0 Å². The maximum absolute atomic E-state index is 12.4. The number of urea groups is 1. The number of fused-ring (bicyclic) bond motifs is 2. The fourth-order valence-electron chi connectivity index (χ4n) is 4.01. The molecule has 0 aromatic carbocycles. The summed E-state index contributed by atoms with van der Waals surface area (Å²) in [7, 11) is 0. The second kappa shape index (κ2) is 7.83. The molecular formula is C18H28N4O2. The Bertz CT molecular complexity index is 537. The number of rotatable bonds is 5. The summed E-state index contributed by atoms with van der Waals surface area (Å²) >= 11 is 0. The number of ether oxygens (including phenoxy) is 1. The van der Waals surface area contributed by atoms with Crippen molar-refractivity contribution in [2.75, 3.05) is 26.2 Å². The molecule has 2 aliphatic heterocycles. The smallest absolute Gasteiger partial charge is 0.317 e. The van der Waals surface area contributed by atoms with Crippen LogP contribution in [0.5, 0.6) is 5.75 Å². The highest BCUT2D eigenvalue weighted by atomic mass is 16.5. The zero-order chi connectivity index (χ0) is 16.9. The van der Waals surface area contributed by atoms with Crippen molar-refractivity contribution >= 4 is 6.03 Å². The molecule has 6 nitrogen and oxygen atoms in total. The maximum atomic E-state index is 12.4. The highest BCUT2D eigenvalue weighted by molar-refractivity contribution is 5.74. The van der Waals surface area contributed by atoms with Gasteiger partial charge in [-0.3, -0.25) is 9.88 Å². The van der Waals surface area contributed by atoms with Crippen molar-refractivity contribution in [1.29, 1.82) is 0 Å². The first kappa shape index (κ1) is 17.0. The van der Waals surface area contributed by atoms with Gasteiger partial charge in [0.25, 0.3) is 0 Å². The van der Waals surface area contributed by atoms with Crippen LogP contribution in [0.4, 0.5) is 4.79 Å². The number of nitrogens with zero attached hydrogens (tertiary/aromatic N) is 3. The highest BCUT2D eigenvalue weighted by Gasteiger charge is 2.39. The number of carbonyl (C=O) groups excluding carboxylic acids is 1. The summed E-state index contributed by atoms with van der Waals surface area (Å²) < 4.78 is 5.56. The molecule has 2 aliphatic rings. The molecule has 24 heavy (non-hydrogen) atoms. The monoisotopic (exact) mass is 332 g/mol. The lowest BCUT2D eigenvalue weighted by atomic mass is 10.1. The van der Waals surface area contributed by atoms with Gasteiger partial charge in [-0.2, -0.15) is 0 Å². The summed E-state index contributed by atoms with van der Waals surface area (Å²) in [4.78, 5) is 21.0. The minimum atomic E-state index is 0.0287. The Morgan fingerprint density at radius 2 is 2.21 bits per heavy atom. The number of aromatic nitrogens is 1. The number of pyridine rings is 1. The Labute approximate surface area is 144 Å². The molecule has 2 bridgehead atoms. The van der Waals surface area contributed by atoms with Gasteiger partial charge in [0.15, 0.2) is 0 Å². The molecule has 0 spiro atoms. The maximum Gasteiger partial charge on any atom is 0.317 e. The Hall–Kier alpha value is -1.82. The lowest BCUT2D eigenvalue weighted by Gasteiger charge is -2.32. The van der Waals surface area contributed by atoms with Crippen molar-refractivity contribution in [3.63, 3.8) is 0 Å². The van der Waals surface area contributed by atoms with Crippen LogP contribution in [0.15, 0.2) is 24.5 Å². The molecule has 3 heterocycles. The Morgan fingerprint density at radius 1 is 1.38 bits per heavy atom. The van der Waals surface area contributed by atoms with E-state index >= 15 is 0 Å². The first-order chi connectivity index (χ1) is 11.6. The van der Waals surface area contributed by atoms with Gasteiger partial charge < -0.3 is 15.0 Å². The molecule has 2 fully saturated rings. The van der Waals surface area contributed by atoms with Gasteiger partial charge in [0, 0.05) is 37.4 Å². The van der Waals surface area contributed by atoms with Gasteiger partial charge in [0.05, 0.1) is 12.7 Å². The third-order valence-electron chi connectivity index (χ3n) is 5.00. The average molecular weight is 332 g/mol. The van der Waals surface area contributed by atoms with E-state index < -0.39 is 0 Å². The number of hydrogen-bond acceptors (Lipinski definition) is 4. The molecule has 0 saturated carbocycles. The van der Waals surface area contributed by atoms with Gasteiger partial charge in [0.1, 0.15) is 12.4 Å². The molecule has 2 amide bonds. The van der Waals surface area contributed by atoms with Crippen molar-refractivity contribution in [1.82, 2.24) is 20.1 Å². The fraction of sp³-hybridized carbons (Fsp3) is 0.667. The second-order valence-corrected chi connectivity index (χ2v) is 6.93. The number of carbonyl (C=O) groups is 1. The second-order valence-electron chi connectivity index (χ2n) is 6.93. The van der Waals surface area contributed by atoms with Crippen molar-refractivity contribution in [2.45, 2.75) is 51.2 Å². The number of hydrogen-bond donors (Lipinski definition) is 1. The summed E-state index contributed by atoms with van der Waals surface area (Å²) in [5.41, 5.74) is 0.